The predicted octanol–water partition coefficient (Wildman–Crippen LogP) is 3.45. The third-order valence-electron chi connectivity index (χ3n) is 3.17. The second-order valence-corrected chi connectivity index (χ2v) is 6.23. The molecule has 1 rings (SSSR count). The van der Waals surface area contributed by atoms with Crippen molar-refractivity contribution in [3.8, 4) is 0 Å². The molecule has 0 heterocycles. The molecule has 0 saturated carbocycles. The topological polar surface area (TPSA) is 50.4 Å². The van der Waals surface area contributed by atoms with Crippen molar-refractivity contribution in [1.82, 2.24) is 5.32 Å². The molecule has 20 heavy (non-hydrogen) atoms. The first-order valence-corrected chi connectivity index (χ1v) is 6.92. The quantitative estimate of drug-likeness (QED) is 0.461. The van der Waals surface area contributed by atoms with Gasteiger partial charge in [0.05, 0.1) is 6.54 Å². The van der Waals surface area contributed by atoms with Crippen LogP contribution < -0.4 is 11.1 Å². The molecule has 114 valence electrons. The van der Waals surface area contributed by atoms with E-state index in [0.29, 0.717) is 18.4 Å². The molecule has 0 aliphatic rings. The van der Waals surface area contributed by atoms with E-state index in [9.17, 15) is 0 Å². The molecule has 0 fully saturated rings. The Bertz CT molecular complexity index is 422. The fourth-order valence-electron chi connectivity index (χ4n) is 1.74. The number of hydrogen-bond donors (Lipinski definition) is 2. The van der Waals surface area contributed by atoms with Crippen LogP contribution in [0.1, 0.15) is 38.8 Å². The van der Waals surface area contributed by atoms with Gasteiger partial charge in [0.25, 0.3) is 0 Å². The van der Waals surface area contributed by atoms with Crippen LogP contribution in [0.3, 0.4) is 0 Å². The van der Waals surface area contributed by atoms with Gasteiger partial charge in [-0.2, -0.15) is 0 Å². The van der Waals surface area contributed by atoms with Gasteiger partial charge < -0.3 is 11.1 Å². The molecular formula is C16H28IN3. The lowest BCUT2D eigenvalue weighted by atomic mass is 9.84. The van der Waals surface area contributed by atoms with E-state index in [1.807, 2.05) is 0 Å². The standard InChI is InChI=1S/C16H27N3.HI/c1-12(2)10-18-15(17)19-11-16(4,5)14-8-6-13(3)7-9-14;/h6-9,12H,10-11H2,1-5H3,(H3,17,18,19);1H. The first-order chi connectivity index (χ1) is 8.81. The van der Waals surface area contributed by atoms with Crippen molar-refractivity contribution in [2.24, 2.45) is 16.6 Å². The van der Waals surface area contributed by atoms with Gasteiger partial charge in [-0.3, -0.25) is 4.99 Å². The van der Waals surface area contributed by atoms with E-state index in [2.05, 4.69) is 69.2 Å². The summed E-state index contributed by atoms with van der Waals surface area (Å²) in [6.07, 6.45) is 0. The van der Waals surface area contributed by atoms with E-state index >= 15 is 0 Å². The summed E-state index contributed by atoms with van der Waals surface area (Å²) in [7, 11) is 0. The maximum Gasteiger partial charge on any atom is 0.188 e. The Morgan fingerprint density at radius 2 is 1.80 bits per heavy atom. The predicted molar refractivity (Wildman–Crippen MR) is 99.0 cm³/mol. The zero-order valence-corrected chi connectivity index (χ0v) is 15.6. The number of halogens is 1. The number of hydrogen-bond acceptors (Lipinski definition) is 1. The van der Waals surface area contributed by atoms with Crippen molar-refractivity contribution < 1.29 is 0 Å². The van der Waals surface area contributed by atoms with Gasteiger partial charge in [-0.05, 0) is 18.4 Å². The minimum atomic E-state index is -0.00215. The molecule has 0 aliphatic heterocycles. The highest BCUT2D eigenvalue weighted by atomic mass is 127. The van der Waals surface area contributed by atoms with Crippen LogP contribution in [0.25, 0.3) is 0 Å². The van der Waals surface area contributed by atoms with Crippen LogP contribution in [0.15, 0.2) is 29.3 Å². The van der Waals surface area contributed by atoms with E-state index in [4.69, 9.17) is 5.73 Å². The monoisotopic (exact) mass is 389 g/mol. The largest absolute Gasteiger partial charge is 0.370 e. The molecular weight excluding hydrogens is 361 g/mol. The van der Waals surface area contributed by atoms with Crippen molar-refractivity contribution in [2.45, 2.75) is 40.0 Å². The molecule has 0 aromatic heterocycles. The fourth-order valence-corrected chi connectivity index (χ4v) is 1.74. The minimum absolute atomic E-state index is 0. The van der Waals surface area contributed by atoms with Crippen molar-refractivity contribution in [3.63, 3.8) is 0 Å². The summed E-state index contributed by atoms with van der Waals surface area (Å²) in [6.45, 7) is 12.3. The molecule has 0 aliphatic carbocycles. The van der Waals surface area contributed by atoms with E-state index in [-0.39, 0.29) is 29.4 Å². The summed E-state index contributed by atoms with van der Waals surface area (Å²) < 4.78 is 0. The highest BCUT2D eigenvalue weighted by molar-refractivity contribution is 14.0. The van der Waals surface area contributed by atoms with Gasteiger partial charge in [0.15, 0.2) is 5.96 Å². The summed E-state index contributed by atoms with van der Waals surface area (Å²) >= 11 is 0. The van der Waals surface area contributed by atoms with Crippen LogP contribution in [-0.4, -0.2) is 19.0 Å². The molecule has 1 aromatic rings. The number of nitrogens with zero attached hydrogens (tertiary/aromatic N) is 1. The van der Waals surface area contributed by atoms with E-state index in [1.54, 1.807) is 0 Å². The smallest absolute Gasteiger partial charge is 0.188 e. The first-order valence-electron chi connectivity index (χ1n) is 6.92. The Balaban J connectivity index is 0.00000361. The third kappa shape index (κ3) is 6.59. The van der Waals surface area contributed by atoms with Crippen molar-refractivity contribution in [2.75, 3.05) is 13.1 Å². The minimum Gasteiger partial charge on any atom is -0.370 e. The van der Waals surface area contributed by atoms with Gasteiger partial charge in [0.2, 0.25) is 0 Å². The summed E-state index contributed by atoms with van der Waals surface area (Å²) in [4.78, 5) is 4.45. The van der Waals surface area contributed by atoms with Crippen molar-refractivity contribution in [1.29, 1.82) is 0 Å². The molecule has 4 heteroatoms. The SMILES string of the molecule is Cc1ccc(C(C)(C)CN=C(N)NCC(C)C)cc1.I. The van der Waals surface area contributed by atoms with Crippen LogP contribution >= 0.6 is 24.0 Å². The second-order valence-electron chi connectivity index (χ2n) is 6.23. The lowest BCUT2D eigenvalue weighted by molar-refractivity contribution is 0.537. The molecule has 3 nitrogen and oxygen atoms in total. The van der Waals surface area contributed by atoms with Crippen LogP contribution in [0.2, 0.25) is 0 Å². The second kappa shape index (κ2) is 8.49. The van der Waals surface area contributed by atoms with Gasteiger partial charge in [-0.1, -0.05) is 57.5 Å². The molecule has 0 spiro atoms. The molecule has 0 amide bonds. The number of benzene rings is 1. The van der Waals surface area contributed by atoms with Gasteiger partial charge >= 0.3 is 0 Å². The molecule has 3 N–H and O–H groups in total. The van der Waals surface area contributed by atoms with E-state index in [0.717, 1.165) is 6.54 Å². The van der Waals surface area contributed by atoms with Crippen molar-refractivity contribution >= 4 is 29.9 Å². The number of aliphatic imine (C=N–C) groups is 1. The fraction of sp³-hybridized carbons (Fsp3) is 0.562. The Labute approximate surface area is 140 Å². The maximum atomic E-state index is 5.87. The van der Waals surface area contributed by atoms with E-state index in [1.165, 1.54) is 11.1 Å². The number of nitrogens with two attached hydrogens (primary N) is 1. The number of rotatable bonds is 5. The van der Waals surface area contributed by atoms with Crippen LogP contribution in [0, 0.1) is 12.8 Å². The Morgan fingerprint density at radius 3 is 2.30 bits per heavy atom. The van der Waals surface area contributed by atoms with Crippen LogP contribution in [-0.2, 0) is 5.41 Å². The third-order valence-corrected chi connectivity index (χ3v) is 3.17. The van der Waals surface area contributed by atoms with Gasteiger partial charge in [0, 0.05) is 12.0 Å². The number of guanidine groups is 1. The molecule has 0 radical (unpaired) electrons. The molecule has 0 bridgehead atoms. The van der Waals surface area contributed by atoms with Gasteiger partial charge in [0.1, 0.15) is 0 Å². The number of aryl methyl sites for hydroxylation is 1. The average molecular weight is 389 g/mol. The average Bonchev–Trinajstić information content (AvgIpc) is 2.34. The zero-order valence-electron chi connectivity index (χ0n) is 13.2. The lowest BCUT2D eigenvalue weighted by Gasteiger charge is -2.23. The van der Waals surface area contributed by atoms with Crippen LogP contribution in [0.5, 0.6) is 0 Å². The van der Waals surface area contributed by atoms with Crippen LogP contribution in [0.4, 0.5) is 0 Å². The Hall–Kier alpha value is -0.780. The molecule has 1 aromatic carbocycles. The first kappa shape index (κ1) is 19.2. The summed E-state index contributed by atoms with van der Waals surface area (Å²) in [6, 6.07) is 8.62. The maximum absolute atomic E-state index is 5.87. The highest BCUT2D eigenvalue weighted by Crippen LogP contribution is 2.23. The summed E-state index contributed by atoms with van der Waals surface area (Å²) in [5, 5.41) is 3.14. The zero-order chi connectivity index (χ0) is 14.5. The Morgan fingerprint density at radius 1 is 1.25 bits per heavy atom. The lowest BCUT2D eigenvalue weighted by Crippen LogP contribution is -2.35. The van der Waals surface area contributed by atoms with E-state index < -0.39 is 0 Å². The molecule has 0 unspecified atom stereocenters. The summed E-state index contributed by atoms with van der Waals surface area (Å²) in [5.74, 6) is 1.10. The Kier molecular flexibility index (Phi) is 8.16. The van der Waals surface area contributed by atoms with Crippen molar-refractivity contribution in [3.05, 3.63) is 35.4 Å². The normalized spacial score (nSPS) is 12.2. The molecule has 0 saturated heterocycles. The highest BCUT2D eigenvalue weighted by Gasteiger charge is 2.19. The molecule has 0 atom stereocenters. The summed E-state index contributed by atoms with van der Waals surface area (Å²) in [5.41, 5.74) is 8.44. The van der Waals surface area contributed by atoms with Gasteiger partial charge in [-0.15, -0.1) is 24.0 Å². The number of nitrogens with one attached hydrogen (secondary N) is 1. The van der Waals surface area contributed by atoms with Gasteiger partial charge in [-0.25, -0.2) is 0 Å².